The highest BCUT2D eigenvalue weighted by molar-refractivity contribution is 5.85. The predicted octanol–water partition coefficient (Wildman–Crippen LogP) is 4.49. The van der Waals surface area contributed by atoms with Crippen LogP contribution in [0.4, 0.5) is 4.79 Å². The van der Waals surface area contributed by atoms with Crippen molar-refractivity contribution in [2.24, 2.45) is 5.92 Å². The van der Waals surface area contributed by atoms with E-state index in [0.29, 0.717) is 12.0 Å². The minimum Gasteiger partial charge on any atom is -0.479 e. The molecule has 1 aliphatic carbocycles. The molecule has 2 unspecified atom stereocenters. The lowest BCUT2D eigenvalue weighted by molar-refractivity contribution is -0.142. The summed E-state index contributed by atoms with van der Waals surface area (Å²) in [5, 5.41) is 14.7. The highest BCUT2D eigenvalue weighted by Gasteiger charge is 2.29. The van der Waals surface area contributed by atoms with Crippen molar-refractivity contribution in [3.63, 3.8) is 0 Å². The molecular weight excluding hydrogens is 444 g/mol. The highest BCUT2D eigenvalue weighted by atomic mass is 16.5. The van der Waals surface area contributed by atoms with Gasteiger partial charge in [0.2, 0.25) is 5.91 Å². The maximum Gasteiger partial charge on any atom is 0.407 e. The molecule has 0 aliphatic heterocycles. The average molecular weight is 473 g/mol. The maximum atomic E-state index is 12.5. The Morgan fingerprint density at radius 3 is 2.06 bits per heavy atom. The van der Waals surface area contributed by atoms with Gasteiger partial charge in [-0.3, -0.25) is 4.79 Å². The van der Waals surface area contributed by atoms with Crippen LogP contribution in [0.3, 0.4) is 0 Å². The van der Waals surface area contributed by atoms with Gasteiger partial charge in [0.1, 0.15) is 6.61 Å². The van der Waals surface area contributed by atoms with Crippen molar-refractivity contribution < 1.29 is 24.2 Å². The SMILES string of the molecule is CC(CCNC(=O)OCC1c2ccccc2-c2ccccc21)C(=O)NC(C(=O)O)c1ccccc1. The third-order valence-electron chi connectivity index (χ3n) is 6.30. The Kier molecular flexibility index (Phi) is 7.45. The zero-order chi connectivity index (χ0) is 24.8. The van der Waals surface area contributed by atoms with Crippen molar-refractivity contribution in [3.8, 4) is 11.1 Å². The molecule has 3 aromatic rings. The van der Waals surface area contributed by atoms with Crippen molar-refractivity contribution >= 4 is 18.0 Å². The Bertz CT molecular complexity index is 1170. The predicted molar refractivity (Wildman–Crippen MR) is 132 cm³/mol. The quantitative estimate of drug-likeness (QED) is 0.426. The Balaban J connectivity index is 1.25. The fourth-order valence-electron chi connectivity index (χ4n) is 4.39. The van der Waals surface area contributed by atoms with Gasteiger partial charge < -0.3 is 20.5 Å². The molecule has 3 N–H and O–H groups in total. The molecule has 0 heterocycles. The van der Waals surface area contributed by atoms with Gasteiger partial charge in [0, 0.05) is 18.4 Å². The molecule has 0 radical (unpaired) electrons. The van der Waals surface area contributed by atoms with Crippen molar-refractivity contribution in [2.45, 2.75) is 25.3 Å². The van der Waals surface area contributed by atoms with E-state index in [1.54, 1.807) is 37.3 Å². The van der Waals surface area contributed by atoms with E-state index in [4.69, 9.17) is 4.74 Å². The molecule has 1 aliphatic rings. The van der Waals surface area contributed by atoms with Crippen LogP contribution in [-0.2, 0) is 14.3 Å². The van der Waals surface area contributed by atoms with Crippen LogP contribution in [0.15, 0.2) is 78.9 Å². The fourth-order valence-corrected chi connectivity index (χ4v) is 4.39. The first-order chi connectivity index (χ1) is 17.0. The number of aliphatic carboxylic acids is 1. The lowest BCUT2D eigenvalue weighted by Gasteiger charge is -2.18. The fraction of sp³-hybridized carbons (Fsp3) is 0.250. The van der Waals surface area contributed by atoms with Crippen molar-refractivity contribution in [3.05, 3.63) is 95.6 Å². The zero-order valence-corrected chi connectivity index (χ0v) is 19.4. The van der Waals surface area contributed by atoms with Gasteiger partial charge in [0.15, 0.2) is 6.04 Å². The summed E-state index contributed by atoms with van der Waals surface area (Å²) in [4.78, 5) is 36.4. The van der Waals surface area contributed by atoms with Gasteiger partial charge in [-0.1, -0.05) is 85.8 Å². The number of amides is 2. The first-order valence-electron chi connectivity index (χ1n) is 11.6. The molecular formula is C28H28N2O5. The van der Waals surface area contributed by atoms with Crippen LogP contribution in [-0.4, -0.2) is 36.2 Å². The summed E-state index contributed by atoms with van der Waals surface area (Å²) in [5.41, 5.74) is 5.09. The number of carboxylic acids is 1. The number of carbonyl (C=O) groups excluding carboxylic acids is 2. The first kappa shape index (κ1) is 24.0. The van der Waals surface area contributed by atoms with Gasteiger partial charge >= 0.3 is 12.1 Å². The van der Waals surface area contributed by atoms with Gasteiger partial charge in [0.25, 0.3) is 0 Å². The van der Waals surface area contributed by atoms with E-state index in [1.165, 1.54) is 0 Å². The minimum atomic E-state index is -1.13. The molecule has 180 valence electrons. The van der Waals surface area contributed by atoms with Crippen LogP contribution in [0.5, 0.6) is 0 Å². The normalized spacial score (nSPS) is 13.7. The van der Waals surface area contributed by atoms with Gasteiger partial charge in [0.05, 0.1) is 0 Å². The molecule has 0 spiro atoms. The number of hydrogen-bond acceptors (Lipinski definition) is 4. The Hall–Kier alpha value is -4.13. The molecule has 7 heteroatoms. The van der Waals surface area contributed by atoms with Gasteiger partial charge in [-0.25, -0.2) is 9.59 Å². The van der Waals surface area contributed by atoms with Crippen molar-refractivity contribution in [2.75, 3.05) is 13.2 Å². The second-order valence-electron chi connectivity index (χ2n) is 8.63. The van der Waals surface area contributed by atoms with E-state index in [9.17, 15) is 19.5 Å². The number of carboxylic acid groups (broad SMARTS) is 1. The molecule has 0 fully saturated rings. The number of ether oxygens (including phenoxy) is 1. The lowest BCUT2D eigenvalue weighted by Crippen LogP contribution is -2.38. The summed E-state index contributed by atoms with van der Waals surface area (Å²) in [6.45, 7) is 2.14. The van der Waals surface area contributed by atoms with Gasteiger partial charge in [-0.2, -0.15) is 0 Å². The first-order valence-corrected chi connectivity index (χ1v) is 11.6. The van der Waals surface area contributed by atoms with E-state index in [1.807, 2.05) is 24.3 Å². The Morgan fingerprint density at radius 1 is 0.886 bits per heavy atom. The van der Waals surface area contributed by atoms with Crippen LogP contribution in [0.1, 0.15) is 42.0 Å². The number of benzene rings is 3. The summed E-state index contributed by atoms with van der Waals surface area (Å²) in [6.07, 6.45) is -0.205. The molecule has 35 heavy (non-hydrogen) atoms. The zero-order valence-electron chi connectivity index (χ0n) is 19.4. The second-order valence-corrected chi connectivity index (χ2v) is 8.63. The molecule has 0 saturated heterocycles. The molecule has 2 amide bonds. The summed E-state index contributed by atoms with van der Waals surface area (Å²) < 4.78 is 5.51. The Morgan fingerprint density at radius 2 is 1.46 bits per heavy atom. The van der Waals surface area contributed by atoms with Crippen LogP contribution in [0.2, 0.25) is 0 Å². The van der Waals surface area contributed by atoms with E-state index >= 15 is 0 Å². The summed E-state index contributed by atoms with van der Waals surface area (Å²) >= 11 is 0. The Labute approximate surface area is 204 Å². The van der Waals surface area contributed by atoms with Gasteiger partial charge in [-0.05, 0) is 34.2 Å². The second kappa shape index (κ2) is 10.9. The van der Waals surface area contributed by atoms with Crippen LogP contribution >= 0.6 is 0 Å². The number of alkyl carbamates (subject to hydrolysis) is 1. The summed E-state index contributed by atoms with van der Waals surface area (Å²) in [7, 11) is 0. The lowest BCUT2D eigenvalue weighted by atomic mass is 9.98. The molecule has 3 aromatic carbocycles. The molecule has 0 saturated carbocycles. The number of carbonyl (C=O) groups is 3. The van der Waals surface area contributed by atoms with Gasteiger partial charge in [-0.15, -0.1) is 0 Å². The maximum absolute atomic E-state index is 12.5. The standard InChI is InChI=1S/C28H28N2O5/c1-18(26(31)30-25(27(32)33)19-9-3-2-4-10-19)15-16-29-28(34)35-17-24-22-13-7-5-11-20(22)21-12-6-8-14-23(21)24/h2-14,18,24-25H,15-17H2,1H3,(H,29,34)(H,30,31)(H,32,33). The smallest absolute Gasteiger partial charge is 0.407 e. The minimum absolute atomic E-state index is 0.0243. The number of rotatable bonds is 9. The van der Waals surface area contributed by atoms with Crippen LogP contribution in [0, 0.1) is 5.92 Å². The van der Waals surface area contributed by atoms with Crippen molar-refractivity contribution in [1.29, 1.82) is 0 Å². The third kappa shape index (κ3) is 5.51. The molecule has 0 bridgehead atoms. The van der Waals surface area contributed by atoms with Crippen LogP contribution < -0.4 is 10.6 Å². The summed E-state index contributed by atoms with van der Waals surface area (Å²) in [6, 6.07) is 23.6. The highest BCUT2D eigenvalue weighted by Crippen LogP contribution is 2.44. The molecule has 2 atom stereocenters. The van der Waals surface area contributed by atoms with E-state index in [0.717, 1.165) is 22.3 Å². The van der Waals surface area contributed by atoms with E-state index < -0.39 is 29.9 Å². The van der Waals surface area contributed by atoms with Crippen LogP contribution in [0.25, 0.3) is 11.1 Å². The topological polar surface area (TPSA) is 105 Å². The number of nitrogens with one attached hydrogen (secondary N) is 2. The van der Waals surface area contributed by atoms with E-state index in [2.05, 4.69) is 34.9 Å². The monoisotopic (exact) mass is 472 g/mol. The number of fused-ring (bicyclic) bond motifs is 3. The third-order valence-corrected chi connectivity index (χ3v) is 6.30. The number of hydrogen-bond donors (Lipinski definition) is 3. The summed E-state index contributed by atoms with van der Waals surface area (Å²) in [5.74, 6) is -2.04. The molecule has 4 rings (SSSR count). The largest absolute Gasteiger partial charge is 0.479 e. The van der Waals surface area contributed by atoms with E-state index in [-0.39, 0.29) is 19.1 Å². The molecule has 7 nitrogen and oxygen atoms in total. The van der Waals surface area contributed by atoms with Crippen molar-refractivity contribution in [1.82, 2.24) is 10.6 Å². The molecule has 0 aromatic heterocycles. The average Bonchev–Trinajstić information content (AvgIpc) is 3.19.